The van der Waals surface area contributed by atoms with Gasteiger partial charge in [-0.15, -0.1) is 0 Å². The van der Waals surface area contributed by atoms with Crippen LogP contribution in [0.25, 0.3) is 0 Å². The Morgan fingerprint density at radius 2 is 2.20 bits per heavy atom. The van der Waals surface area contributed by atoms with Crippen molar-refractivity contribution >= 4 is 5.91 Å². The Morgan fingerprint density at radius 1 is 1.40 bits per heavy atom. The Labute approximate surface area is 118 Å². The Kier molecular flexibility index (Phi) is 5.00. The molecule has 0 unspecified atom stereocenters. The summed E-state index contributed by atoms with van der Waals surface area (Å²) in [4.78, 5) is 25.5. The highest BCUT2D eigenvalue weighted by Crippen LogP contribution is 2.15. The van der Waals surface area contributed by atoms with Crippen molar-refractivity contribution < 1.29 is 9.53 Å². The molecular formula is C14H23N3O3. The molecule has 0 fully saturated rings. The molecule has 20 heavy (non-hydrogen) atoms. The highest BCUT2D eigenvalue weighted by Gasteiger charge is 2.25. The maximum Gasteiger partial charge on any atom is 0.267 e. The Balaban J connectivity index is 1.84. The number of aromatic amines is 1. The lowest BCUT2D eigenvalue weighted by atomic mass is 10.1. The summed E-state index contributed by atoms with van der Waals surface area (Å²) in [6, 6.07) is 0. The van der Waals surface area contributed by atoms with Gasteiger partial charge in [0, 0.05) is 25.8 Å². The monoisotopic (exact) mass is 281 g/mol. The molecule has 6 nitrogen and oxygen atoms in total. The lowest BCUT2D eigenvalue weighted by Crippen LogP contribution is -2.39. The molecule has 0 atom stereocenters. The summed E-state index contributed by atoms with van der Waals surface area (Å²) in [5.41, 5.74) is 1.67. The van der Waals surface area contributed by atoms with Crippen LogP contribution in [0.4, 0.5) is 0 Å². The van der Waals surface area contributed by atoms with Gasteiger partial charge in [0.15, 0.2) is 0 Å². The first kappa shape index (κ1) is 14.8. The first-order chi connectivity index (χ1) is 9.63. The predicted octanol–water partition coefficient (Wildman–Crippen LogP) is 0.805. The molecule has 2 rings (SSSR count). The summed E-state index contributed by atoms with van der Waals surface area (Å²) in [6.45, 7) is 4.00. The molecule has 1 aliphatic rings. The lowest BCUT2D eigenvalue weighted by Gasteiger charge is -2.27. The van der Waals surface area contributed by atoms with Crippen molar-refractivity contribution in [1.29, 1.82) is 0 Å². The number of rotatable bonds is 6. The average molecular weight is 281 g/mol. The van der Waals surface area contributed by atoms with Crippen molar-refractivity contribution in [1.82, 2.24) is 14.7 Å². The number of carbonyl (C=O) groups is 1. The minimum absolute atomic E-state index is 0.000738. The molecule has 0 aromatic carbocycles. The van der Waals surface area contributed by atoms with Gasteiger partial charge in [0.2, 0.25) is 5.91 Å². The zero-order valence-corrected chi connectivity index (χ0v) is 12.3. The van der Waals surface area contributed by atoms with Crippen LogP contribution >= 0.6 is 0 Å². The number of H-pyrrole nitrogens is 1. The molecule has 1 amide bonds. The van der Waals surface area contributed by atoms with Crippen molar-refractivity contribution in [3.05, 3.63) is 21.6 Å². The number of ether oxygens (including phenoxy) is 1. The van der Waals surface area contributed by atoms with Gasteiger partial charge in [-0.2, -0.15) is 0 Å². The van der Waals surface area contributed by atoms with Crippen LogP contribution in [0.5, 0.6) is 0 Å². The van der Waals surface area contributed by atoms with Gasteiger partial charge >= 0.3 is 0 Å². The van der Waals surface area contributed by atoms with E-state index >= 15 is 0 Å². The number of nitrogens with one attached hydrogen (secondary N) is 1. The van der Waals surface area contributed by atoms with Crippen LogP contribution in [-0.4, -0.2) is 40.3 Å². The van der Waals surface area contributed by atoms with Crippen LogP contribution in [0.3, 0.4) is 0 Å². The highest BCUT2D eigenvalue weighted by atomic mass is 16.5. The van der Waals surface area contributed by atoms with E-state index in [0.717, 1.165) is 30.5 Å². The maximum atomic E-state index is 12.1. The second-order valence-electron chi connectivity index (χ2n) is 5.25. The Hall–Kier alpha value is -1.56. The fraction of sp³-hybridized carbons (Fsp3) is 0.714. The number of amides is 1. The first-order valence-corrected chi connectivity index (χ1v) is 7.25. The zero-order chi connectivity index (χ0) is 14.5. The van der Waals surface area contributed by atoms with Crippen LogP contribution in [0.1, 0.15) is 37.4 Å². The van der Waals surface area contributed by atoms with E-state index in [1.807, 2.05) is 0 Å². The highest BCUT2D eigenvalue weighted by molar-refractivity contribution is 5.77. The van der Waals surface area contributed by atoms with Gasteiger partial charge in [-0.1, -0.05) is 19.8 Å². The third kappa shape index (κ3) is 3.30. The van der Waals surface area contributed by atoms with E-state index in [4.69, 9.17) is 4.74 Å². The Morgan fingerprint density at radius 3 is 2.95 bits per heavy atom. The van der Waals surface area contributed by atoms with E-state index in [2.05, 4.69) is 12.0 Å². The number of fused-ring (bicyclic) bond motifs is 1. The molecule has 0 radical (unpaired) electrons. The third-order valence-corrected chi connectivity index (χ3v) is 3.74. The van der Waals surface area contributed by atoms with Crippen LogP contribution < -0.4 is 5.56 Å². The van der Waals surface area contributed by atoms with Gasteiger partial charge in [-0.05, 0) is 12.8 Å². The normalized spacial score (nSPS) is 14.4. The number of unbranched alkanes of at least 4 members (excludes halogenated alkanes) is 2. The number of aromatic nitrogens is 2. The number of aryl methyl sites for hydroxylation is 1. The van der Waals surface area contributed by atoms with E-state index in [1.54, 1.807) is 16.6 Å². The smallest absolute Gasteiger partial charge is 0.267 e. The second-order valence-corrected chi connectivity index (χ2v) is 5.25. The molecule has 0 saturated heterocycles. The fourth-order valence-electron chi connectivity index (χ4n) is 2.50. The fourth-order valence-corrected chi connectivity index (χ4v) is 2.50. The largest absolute Gasteiger partial charge is 0.372 e. The van der Waals surface area contributed by atoms with Crippen LogP contribution in [0.2, 0.25) is 0 Å². The molecule has 0 bridgehead atoms. The van der Waals surface area contributed by atoms with E-state index in [-0.39, 0.29) is 18.1 Å². The molecule has 2 heterocycles. The van der Waals surface area contributed by atoms with Crippen molar-refractivity contribution in [2.45, 2.75) is 39.2 Å². The Bertz CT molecular complexity index is 518. The minimum atomic E-state index is -0.0367. The van der Waals surface area contributed by atoms with Gasteiger partial charge < -0.3 is 9.64 Å². The van der Waals surface area contributed by atoms with Gasteiger partial charge in [-0.3, -0.25) is 19.4 Å². The van der Waals surface area contributed by atoms with Gasteiger partial charge in [0.25, 0.3) is 5.56 Å². The molecule has 6 heteroatoms. The lowest BCUT2D eigenvalue weighted by molar-refractivity contribution is -0.137. The molecule has 1 aromatic heterocycles. The zero-order valence-electron chi connectivity index (χ0n) is 12.3. The van der Waals surface area contributed by atoms with Crippen molar-refractivity contribution in [3.8, 4) is 0 Å². The minimum Gasteiger partial charge on any atom is -0.372 e. The molecule has 1 aliphatic heterocycles. The number of nitrogens with zero attached hydrogens (tertiary/aromatic N) is 2. The molecular weight excluding hydrogens is 258 g/mol. The topological polar surface area (TPSA) is 67.3 Å². The summed E-state index contributed by atoms with van der Waals surface area (Å²) in [6.07, 6.45) is 3.90. The molecule has 0 aliphatic carbocycles. The predicted molar refractivity (Wildman–Crippen MR) is 75.5 cm³/mol. The maximum absolute atomic E-state index is 12.1. The summed E-state index contributed by atoms with van der Waals surface area (Å²) in [7, 11) is 1.80. The van der Waals surface area contributed by atoms with Crippen molar-refractivity contribution in [3.63, 3.8) is 0 Å². The summed E-state index contributed by atoms with van der Waals surface area (Å²) in [5, 5.41) is 2.74. The van der Waals surface area contributed by atoms with Crippen LogP contribution in [-0.2, 0) is 29.5 Å². The standard InChI is InChI=1S/C14H23N3O3/c1-3-4-5-8-20-10-13(18)17-7-6-11-12(9-17)16(2)15-14(11)19/h3-10H2,1-2H3,(H,15,19). The molecule has 1 N–H and O–H groups in total. The first-order valence-electron chi connectivity index (χ1n) is 7.25. The van der Waals surface area contributed by atoms with Crippen molar-refractivity contribution in [2.75, 3.05) is 19.8 Å². The van der Waals surface area contributed by atoms with E-state index in [1.165, 1.54) is 0 Å². The van der Waals surface area contributed by atoms with Crippen LogP contribution in [0.15, 0.2) is 4.79 Å². The summed E-state index contributed by atoms with van der Waals surface area (Å²) < 4.78 is 7.11. The van der Waals surface area contributed by atoms with Gasteiger partial charge in [0.05, 0.1) is 12.2 Å². The average Bonchev–Trinajstić information content (AvgIpc) is 2.73. The van der Waals surface area contributed by atoms with Gasteiger partial charge in [-0.25, -0.2) is 0 Å². The van der Waals surface area contributed by atoms with Crippen molar-refractivity contribution in [2.24, 2.45) is 7.05 Å². The SMILES string of the molecule is CCCCCOCC(=O)N1CCc2c(n(C)[nH]c2=O)C1. The molecule has 0 saturated carbocycles. The number of carbonyl (C=O) groups excluding carboxylic acids is 1. The molecule has 0 spiro atoms. The molecule has 112 valence electrons. The van der Waals surface area contributed by atoms with E-state index in [9.17, 15) is 9.59 Å². The van der Waals surface area contributed by atoms with Crippen LogP contribution in [0, 0.1) is 0 Å². The summed E-state index contributed by atoms with van der Waals surface area (Å²) >= 11 is 0. The van der Waals surface area contributed by atoms with E-state index in [0.29, 0.717) is 26.1 Å². The third-order valence-electron chi connectivity index (χ3n) is 3.74. The molecule has 1 aromatic rings. The summed E-state index contributed by atoms with van der Waals surface area (Å²) in [5.74, 6) is 0.000738. The second kappa shape index (κ2) is 6.74. The number of hydrogen-bond acceptors (Lipinski definition) is 3. The van der Waals surface area contributed by atoms with Gasteiger partial charge in [0.1, 0.15) is 6.61 Å². The number of hydrogen-bond donors (Lipinski definition) is 1. The quantitative estimate of drug-likeness (QED) is 0.784. The van der Waals surface area contributed by atoms with E-state index < -0.39 is 0 Å².